The van der Waals surface area contributed by atoms with Gasteiger partial charge in [0.05, 0.1) is 6.61 Å². The summed E-state index contributed by atoms with van der Waals surface area (Å²) in [6, 6.07) is 0. The highest BCUT2D eigenvalue weighted by atomic mass is 32.2. The van der Waals surface area contributed by atoms with Gasteiger partial charge in [-0.3, -0.25) is 14.1 Å². The lowest BCUT2D eigenvalue weighted by Crippen LogP contribution is -2.60. The molecule has 4 N–H and O–H groups in total. The highest BCUT2D eigenvalue weighted by Gasteiger charge is 2.46. The average molecular weight is 921 g/mol. The van der Waals surface area contributed by atoms with E-state index in [1.165, 1.54) is 57.8 Å². The summed E-state index contributed by atoms with van der Waals surface area (Å²) in [7, 11) is -4.62. The Morgan fingerprint density at radius 1 is 0.547 bits per heavy atom. The van der Waals surface area contributed by atoms with E-state index in [-0.39, 0.29) is 19.4 Å². The van der Waals surface area contributed by atoms with Crippen molar-refractivity contribution >= 4 is 22.1 Å². The SMILES string of the molecule is CC/C=C/C/C=C/C/C=C/C/C=C/C/C=C/C/C=C/CCC(=O)OC[C@H](CO[C@H]1O[C@H](CS(=O)(=O)O)[C@@H](O)C(O)C1O)OC(=O)CCCCCCCCC/C=C/CCCCCCCC. The molecule has 12 nitrogen and oxygen atoms in total. The third-order valence-electron chi connectivity index (χ3n) is 10.5. The molecule has 2 unspecified atom stereocenters. The fourth-order valence-electron chi connectivity index (χ4n) is 6.76. The van der Waals surface area contributed by atoms with Crippen LogP contribution in [0.5, 0.6) is 0 Å². The quantitative estimate of drug-likeness (QED) is 0.0198. The number of unbranched alkanes of at least 4 members (excludes halogenated alkanes) is 13. The second-order valence-electron chi connectivity index (χ2n) is 16.4. The van der Waals surface area contributed by atoms with Crippen molar-refractivity contribution in [1.82, 2.24) is 0 Å². The third-order valence-corrected chi connectivity index (χ3v) is 11.2. The minimum atomic E-state index is -4.62. The van der Waals surface area contributed by atoms with Gasteiger partial charge in [-0.2, -0.15) is 8.42 Å². The van der Waals surface area contributed by atoms with Gasteiger partial charge in [-0.05, 0) is 77.0 Å². The lowest BCUT2D eigenvalue weighted by Gasteiger charge is -2.40. The van der Waals surface area contributed by atoms with Crippen LogP contribution in [0.1, 0.15) is 168 Å². The second kappa shape index (κ2) is 40.1. The van der Waals surface area contributed by atoms with E-state index in [0.717, 1.165) is 70.6 Å². The molecular weight excluding hydrogens is 837 g/mol. The highest BCUT2D eigenvalue weighted by Crippen LogP contribution is 2.24. The average Bonchev–Trinajstić information content (AvgIpc) is 3.26. The van der Waals surface area contributed by atoms with Gasteiger partial charge in [0.2, 0.25) is 0 Å². The van der Waals surface area contributed by atoms with Crippen molar-refractivity contribution in [2.75, 3.05) is 19.0 Å². The number of esters is 2. The van der Waals surface area contributed by atoms with Crippen LogP contribution in [-0.4, -0.2) is 96.0 Å². The Morgan fingerprint density at radius 3 is 1.53 bits per heavy atom. The molecule has 0 amide bonds. The summed E-state index contributed by atoms with van der Waals surface area (Å²) in [5, 5.41) is 30.9. The summed E-state index contributed by atoms with van der Waals surface area (Å²) in [6.45, 7) is 3.57. The van der Waals surface area contributed by atoms with Gasteiger partial charge in [0.1, 0.15) is 36.8 Å². The molecule has 13 heteroatoms. The number of allylic oxidation sites excluding steroid dienone is 14. The summed E-state index contributed by atoms with van der Waals surface area (Å²) in [5.74, 6) is -2.10. The standard InChI is InChI=1S/C51H84O12S/c1-3-5-7-9-11-13-15-17-19-21-22-24-25-27-29-31-33-35-37-39-46(52)60-41-44(42-61-51-50(56)49(55)48(54)45(63-51)43-64(57,58)59)62-47(53)40-38-36-34-32-30-28-26-23-20-18-16-14-12-10-8-6-4-2/h5,7,11,13,17-20,22,24,27,29,33,35,44-45,48-51,54-56H,3-4,6,8-10,12,14-16,21,23,25-26,28,30-32,34,36-43H2,1-2H3,(H,57,58,59)/b7-5+,13-11+,19-17+,20-18+,24-22+,29-27+,35-33+/t44-,45-,48-,49?,50?,51+/m1/s1. The molecular formula is C51H84O12S. The van der Waals surface area contributed by atoms with Gasteiger partial charge < -0.3 is 34.3 Å². The van der Waals surface area contributed by atoms with E-state index in [1.807, 2.05) is 12.2 Å². The summed E-state index contributed by atoms with van der Waals surface area (Å²) in [4.78, 5) is 25.4. The maximum Gasteiger partial charge on any atom is 0.306 e. The van der Waals surface area contributed by atoms with Crippen LogP contribution in [0, 0.1) is 0 Å². The molecule has 0 aromatic heterocycles. The number of rotatable bonds is 39. The van der Waals surface area contributed by atoms with Crippen LogP contribution < -0.4 is 0 Å². The zero-order chi connectivity index (χ0) is 46.9. The van der Waals surface area contributed by atoms with E-state index in [1.54, 1.807) is 0 Å². The van der Waals surface area contributed by atoms with Gasteiger partial charge in [-0.15, -0.1) is 0 Å². The van der Waals surface area contributed by atoms with Crippen LogP contribution >= 0.6 is 0 Å². The normalized spacial score (nSPS) is 20.4. The number of ether oxygens (including phenoxy) is 4. The molecule has 0 aliphatic carbocycles. The first-order chi connectivity index (χ1) is 31.0. The molecule has 0 bridgehead atoms. The van der Waals surface area contributed by atoms with Gasteiger partial charge >= 0.3 is 11.9 Å². The van der Waals surface area contributed by atoms with E-state index in [2.05, 4.69) is 86.8 Å². The van der Waals surface area contributed by atoms with Crippen molar-refractivity contribution in [3.8, 4) is 0 Å². The molecule has 0 saturated carbocycles. The first kappa shape index (κ1) is 58.8. The first-order valence-corrected chi connectivity index (χ1v) is 25.8. The Morgan fingerprint density at radius 2 is 1.02 bits per heavy atom. The Hall–Kier alpha value is -3.17. The molecule has 0 aromatic rings. The fourth-order valence-corrected chi connectivity index (χ4v) is 7.45. The topological polar surface area (TPSA) is 186 Å². The van der Waals surface area contributed by atoms with E-state index >= 15 is 0 Å². The predicted molar refractivity (Wildman–Crippen MR) is 256 cm³/mol. The van der Waals surface area contributed by atoms with Gasteiger partial charge in [0.15, 0.2) is 12.4 Å². The zero-order valence-corrected chi connectivity index (χ0v) is 39.9. The van der Waals surface area contributed by atoms with Gasteiger partial charge in [-0.1, -0.05) is 163 Å². The van der Waals surface area contributed by atoms with Crippen molar-refractivity contribution < 1.29 is 56.8 Å². The molecule has 1 heterocycles. The van der Waals surface area contributed by atoms with Crippen LogP contribution in [0.3, 0.4) is 0 Å². The molecule has 366 valence electrons. The Kier molecular flexibility index (Phi) is 36.9. The zero-order valence-electron chi connectivity index (χ0n) is 39.1. The number of aliphatic hydroxyl groups excluding tert-OH is 3. The van der Waals surface area contributed by atoms with Crippen LogP contribution in [0.2, 0.25) is 0 Å². The molecule has 1 aliphatic heterocycles. The lowest BCUT2D eigenvalue weighted by atomic mass is 10.00. The summed E-state index contributed by atoms with van der Waals surface area (Å²) < 4.78 is 54.1. The first-order valence-electron chi connectivity index (χ1n) is 24.1. The third kappa shape index (κ3) is 34.2. The summed E-state index contributed by atoms with van der Waals surface area (Å²) >= 11 is 0. The lowest BCUT2D eigenvalue weighted by molar-refractivity contribution is -0.297. The molecule has 0 radical (unpaired) electrons. The van der Waals surface area contributed by atoms with E-state index in [9.17, 15) is 37.9 Å². The maximum atomic E-state index is 12.8. The molecule has 64 heavy (non-hydrogen) atoms. The minimum absolute atomic E-state index is 0.0888. The fraction of sp³-hybridized carbons (Fsp3) is 0.686. The highest BCUT2D eigenvalue weighted by molar-refractivity contribution is 7.85. The van der Waals surface area contributed by atoms with Gasteiger partial charge in [0.25, 0.3) is 10.1 Å². The minimum Gasteiger partial charge on any atom is -0.462 e. The monoisotopic (exact) mass is 921 g/mol. The smallest absolute Gasteiger partial charge is 0.306 e. The molecule has 1 rings (SSSR count). The molecule has 1 saturated heterocycles. The molecule has 6 atom stereocenters. The molecule has 0 spiro atoms. The van der Waals surface area contributed by atoms with E-state index in [4.69, 9.17) is 18.9 Å². The number of carbonyl (C=O) groups is 2. The Bertz CT molecular complexity index is 1500. The van der Waals surface area contributed by atoms with E-state index < -0.39 is 71.2 Å². The largest absolute Gasteiger partial charge is 0.462 e. The van der Waals surface area contributed by atoms with Crippen LogP contribution in [0.4, 0.5) is 0 Å². The number of carbonyl (C=O) groups excluding carboxylic acids is 2. The van der Waals surface area contributed by atoms with Crippen LogP contribution in [-0.2, 0) is 38.7 Å². The maximum absolute atomic E-state index is 12.8. The predicted octanol–water partition coefficient (Wildman–Crippen LogP) is 10.4. The van der Waals surface area contributed by atoms with Crippen molar-refractivity contribution in [2.24, 2.45) is 0 Å². The van der Waals surface area contributed by atoms with Crippen LogP contribution in [0.15, 0.2) is 85.1 Å². The van der Waals surface area contributed by atoms with Crippen molar-refractivity contribution in [3.05, 3.63) is 85.1 Å². The number of aliphatic hydroxyl groups is 3. The Labute approximate surface area is 386 Å². The Balaban J connectivity index is 2.48. The van der Waals surface area contributed by atoms with Gasteiger partial charge in [-0.25, -0.2) is 0 Å². The molecule has 1 fully saturated rings. The number of hydrogen-bond acceptors (Lipinski definition) is 11. The van der Waals surface area contributed by atoms with E-state index in [0.29, 0.717) is 12.8 Å². The summed E-state index contributed by atoms with van der Waals surface area (Å²) in [6.07, 6.45) is 43.5. The molecule has 0 aromatic carbocycles. The second-order valence-corrected chi connectivity index (χ2v) is 17.9. The van der Waals surface area contributed by atoms with Crippen molar-refractivity contribution in [2.45, 2.75) is 205 Å². The van der Waals surface area contributed by atoms with Crippen LogP contribution in [0.25, 0.3) is 0 Å². The van der Waals surface area contributed by atoms with Crippen molar-refractivity contribution in [3.63, 3.8) is 0 Å². The summed E-state index contributed by atoms with van der Waals surface area (Å²) in [5.41, 5.74) is 0. The van der Waals surface area contributed by atoms with Gasteiger partial charge in [0, 0.05) is 12.8 Å². The van der Waals surface area contributed by atoms with Crippen molar-refractivity contribution in [1.29, 1.82) is 0 Å². The number of hydrogen-bond donors (Lipinski definition) is 4. The molecule has 1 aliphatic rings.